The van der Waals surface area contributed by atoms with Crippen molar-refractivity contribution in [2.75, 3.05) is 5.32 Å². The van der Waals surface area contributed by atoms with Gasteiger partial charge in [-0.25, -0.2) is 13.5 Å². The maximum atomic E-state index is 14.1. The number of nitrogens with two attached hydrogens (primary N) is 1. The molecule has 3 N–H and O–H groups in total. The number of hydrogen-bond acceptors (Lipinski definition) is 3. The number of nitrogens with zero attached hydrogens (tertiary/aromatic N) is 2. The minimum Gasteiger partial charge on any atom is -0.381 e. The van der Waals surface area contributed by atoms with Gasteiger partial charge in [-0.1, -0.05) is 17.7 Å². The van der Waals surface area contributed by atoms with Gasteiger partial charge in [-0.05, 0) is 61.5 Å². The van der Waals surface area contributed by atoms with Crippen LogP contribution in [0.3, 0.4) is 0 Å². The van der Waals surface area contributed by atoms with Crippen LogP contribution in [0.1, 0.15) is 21.5 Å². The minimum absolute atomic E-state index is 0.162. The summed E-state index contributed by atoms with van der Waals surface area (Å²) in [5.41, 5.74) is 9.80. The van der Waals surface area contributed by atoms with Crippen LogP contribution in [0.4, 0.5) is 14.5 Å². The monoisotopic (exact) mass is 418 g/mol. The number of nitrogens with one attached hydrogen (secondary N) is 1. The van der Waals surface area contributed by atoms with Gasteiger partial charge in [0.2, 0.25) is 0 Å². The normalized spacial score (nSPS) is 10.8. The molecule has 0 aliphatic carbocycles. The van der Waals surface area contributed by atoms with E-state index in [1.165, 1.54) is 24.3 Å². The first-order valence-electron chi connectivity index (χ1n) is 9.65. The van der Waals surface area contributed by atoms with Crippen LogP contribution in [0.25, 0.3) is 16.9 Å². The van der Waals surface area contributed by atoms with E-state index in [1.54, 1.807) is 22.9 Å². The first kappa shape index (κ1) is 20.3. The number of primary amides is 1. The van der Waals surface area contributed by atoms with Crippen molar-refractivity contribution in [3.63, 3.8) is 0 Å². The standard InChI is InChI=1S/C24H20F2N4O/c1-15-2-9-20(10-3-15)30-14-17(23(29-30)16-4-6-18(25)7-5-16)13-28-19-8-11-21(24(27)31)22(26)12-19/h2-12,14,28H,13H2,1H3,(H2,27,31). The SMILES string of the molecule is Cc1ccc(-n2cc(CNc3ccc(C(N)=O)c(F)c3)c(-c3ccc(F)cc3)n2)cc1. The molecule has 31 heavy (non-hydrogen) atoms. The summed E-state index contributed by atoms with van der Waals surface area (Å²) in [5, 5.41) is 7.84. The van der Waals surface area contributed by atoms with Gasteiger partial charge >= 0.3 is 0 Å². The molecule has 1 amide bonds. The van der Waals surface area contributed by atoms with E-state index >= 15 is 0 Å². The molecule has 1 heterocycles. The van der Waals surface area contributed by atoms with Gasteiger partial charge in [-0.15, -0.1) is 0 Å². The number of carbonyl (C=O) groups excluding carboxylic acids is 1. The van der Waals surface area contributed by atoms with Gasteiger partial charge in [0, 0.05) is 29.6 Å². The molecule has 1 aromatic heterocycles. The summed E-state index contributed by atoms with van der Waals surface area (Å²) in [6.45, 7) is 2.35. The highest BCUT2D eigenvalue weighted by Crippen LogP contribution is 2.25. The van der Waals surface area contributed by atoms with Gasteiger partial charge in [0.1, 0.15) is 11.6 Å². The molecule has 0 aliphatic rings. The van der Waals surface area contributed by atoms with E-state index in [4.69, 9.17) is 10.8 Å². The van der Waals surface area contributed by atoms with Gasteiger partial charge in [0.25, 0.3) is 5.91 Å². The lowest BCUT2D eigenvalue weighted by molar-refractivity contribution is 0.0996. The second-order valence-corrected chi connectivity index (χ2v) is 7.20. The second-order valence-electron chi connectivity index (χ2n) is 7.20. The average molecular weight is 418 g/mol. The Kier molecular flexibility index (Phi) is 5.49. The molecule has 0 saturated heterocycles. The third kappa shape index (κ3) is 4.45. The molecule has 0 radical (unpaired) electrons. The van der Waals surface area contributed by atoms with Crippen molar-refractivity contribution < 1.29 is 13.6 Å². The van der Waals surface area contributed by atoms with Gasteiger partial charge < -0.3 is 11.1 Å². The highest BCUT2D eigenvalue weighted by atomic mass is 19.1. The predicted octanol–water partition coefficient (Wildman–Crippen LogP) is 4.84. The van der Waals surface area contributed by atoms with Crippen LogP contribution in [0.5, 0.6) is 0 Å². The Hall–Kier alpha value is -4.00. The fourth-order valence-electron chi connectivity index (χ4n) is 3.24. The maximum Gasteiger partial charge on any atom is 0.251 e. The van der Waals surface area contributed by atoms with Gasteiger partial charge in [-0.2, -0.15) is 5.10 Å². The molecule has 0 saturated carbocycles. The smallest absolute Gasteiger partial charge is 0.251 e. The molecule has 3 aromatic carbocycles. The van der Waals surface area contributed by atoms with E-state index in [0.29, 0.717) is 17.9 Å². The molecule has 0 spiro atoms. The van der Waals surface area contributed by atoms with E-state index < -0.39 is 11.7 Å². The molecular weight excluding hydrogens is 398 g/mol. The first-order valence-corrected chi connectivity index (χ1v) is 9.65. The summed E-state index contributed by atoms with van der Waals surface area (Å²) in [6, 6.07) is 18.2. The maximum absolute atomic E-state index is 14.1. The van der Waals surface area contributed by atoms with E-state index in [1.807, 2.05) is 37.4 Å². The van der Waals surface area contributed by atoms with Gasteiger partial charge in [0.15, 0.2) is 0 Å². The largest absolute Gasteiger partial charge is 0.381 e. The van der Waals surface area contributed by atoms with Crippen LogP contribution in [0.15, 0.2) is 72.9 Å². The first-order chi connectivity index (χ1) is 14.9. The molecule has 0 bridgehead atoms. The summed E-state index contributed by atoms with van der Waals surface area (Å²) in [6.07, 6.45) is 1.88. The average Bonchev–Trinajstić information content (AvgIpc) is 3.17. The fourth-order valence-corrected chi connectivity index (χ4v) is 3.24. The van der Waals surface area contributed by atoms with Gasteiger partial charge in [-0.3, -0.25) is 4.79 Å². The Morgan fingerprint density at radius 2 is 1.74 bits per heavy atom. The van der Waals surface area contributed by atoms with Crippen LogP contribution in [0.2, 0.25) is 0 Å². The van der Waals surface area contributed by atoms with Crippen molar-refractivity contribution >= 4 is 11.6 Å². The van der Waals surface area contributed by atoms with Crippen LogP contribution < -0.4 is 11.1 Å². The Labute approximate surface area is 178 Å². The summed E-state index contributed by atoms with van der Waals surface area (Å²) in [5.74, 6) is -1.83. The fraction of sp³-hybridized carbons (Fsp3) is 0.0833. The van der Waals surface area contributed by atoms with Crippen molar-refractivity contribution in [3.05, 3.63) is 101 Å². The molecule has 4 aromatic rings. The lowest BCUT2D eigenvalue weighted by Gasteiger charge is -2.08. The molecule has 156 valence electrons. The van der Waals surface area contributed by atoms with E-state index in [9.17, 15) is 13.6 Å². The molecule has 0 fully saturated rings. The van der Waals surface area contributed by atoms with Crippen molar-refractivity contribution in [1.82, 2.24) is 9.78 Å². The van der Waals surface area contributed by atoms with Crippen LogP contribution in [-0.4, -0.2) is 15.7 Å². The molecule has 4 rings (SSSR count). The number of halogens is 2. The zero-order chi connectivity index (χ0) is 22.0. The lowest BCUT2D eigenvalue weighted by Crippen LogP contribution is -2.13. The third-order valence-electron chi connectivity index (χ3n) is 4.92. The number of benzene rings is 3. The third-order valence-corrected chi connectivity index (χ3v) is 4.92. The summed E-state index contributed by atoms with van der Waals surface area (Å²) < 4.78 is 29.2. The molecule has 0 unspecified atom stereocenters. The van der Waals surface area contributed by atoms with Crippen LogP contribution >= 0.6 is 0 Å². The molecule has 7 heteroatoms. The lowest BCUT2D eigenvalue weighted by atomic mass is 10.1. The molecular formula is C24H20F2N4O. The molecule has 0 atom stereocenters. The van der Waals surface area contributed by atoms with Crippen molar-refractivity contribution in [2.24, 2.45) is 5.73 Å². The Morgan fingerprint density at radius 3 is 2.39 bits per heavy atom. The number of hydrogen-bond donors (Lipinski definition) is 2. The molecule has 5 nitrogen and oxygen atoms in total. The Balaban J connectivity index is 1.66. The number of carbonyl (C=O) groups is 1. The van der Waals surface area contributed by atoms with Crippen molar-refractivity contribution in [2.45, 2.75) is 13.5 Å². The zero-order valence-electron chi connectivity index (χ0n) is 16.8. The van der Waals surface area contributed by atoms with Crippen molar-refractivity contribution in [1.29, 1.82) is 0 Å². The number of rotatable bonds is 6. The van der Waals surface area contributed by atoms with E-state index in [-0.39, 0.29) is 11.4 Å². The number of aromatic nitrogens is 2. The summed E-state index contributed by atoms with van der Waals surface area (Å²) in [4.78, 5) is 11.2. The highest BCUT2D eigenvalue weighted by molar-refractivity contribution is 5.93. The molecule has 0 aliphatic heterocycles. The topological polar surface area (TPSA) is 72.9 Å². The van der Waals surface area contributed by atoms with Gasteiger partial charge in [0.05, 0.1) is 16.9 Å². The summed E-state index contributed by atoms with van der Waals surface area (Å²) >= 11 is 0. The minimum atomic E-state index is -0.818. The van der Waals surface area contributed by atoms with Crippen molar-refractivity contribution in [3.8, 4) is 16.9 Å². The Bertz CT molecular complexity index is 1230. The highest BCUT2D eigenvalue weighted by Gasteiger charge is 2.14. The van der Waals surface area contributed by atoms with E-state index in [2.05, 4.69) is 5.32 Å². The quantitative estimate of drug-likeness (QED) is 0.471. The van der Waals surface area contributed by atoms with Crippen LogP contribution in [-0.2, 0) is 6.54 Å². The number of amides is 1. The second kappa shape index (κ2) is 8.39. The number of anilines is 1. The Morgan fingerprint density at radius 1 is 1.03 bits per heavy atom. The zero-order valence-corrected chi connectivity index (χ0v) is 16.8. The number of aryl methyl sites for hydroxylation is 1. The van der Waals surface area contributed by atoms with E-state index in [0.717, 1.165) is 22.4 Å². The summed E-state index contributed by atoms with van der Waals surface area (Å²) in [7, 11) is 0. The predicted molar refractivity (Wildman–Crippen MR) is 116 cm³/mol. The van der Waals surface area contributed by atoms with Crippen LogP contribution in [0, 0.1) is 18.6 Å².